The maximum absolute atomic E-state index is 14.3. The average Bonchev–Trinajstić information content (AvgIpc) is 3.65. The molecule has 0 aliphatic carbocycles. The number of para-hydroxylation sites is 1. The number of methoxy groups -OCH3 is 1. The van der Waals surface area contributed by atoms with Crippen LogP contribution in [0, 0.1) is 23.7 Å². The van der Waals surface area contributed by atoms with E-state index in [1.54, 1.807) is 20.8 Å². The van der Waals surface area contributed by atoms with E-state index in [1.165, 1.54) is 48.3 Å². The number of aromatic nitrogens is 1. The summed E-state index contributed by atoms with van der Waals surface area (Å²) in [6.45, 7) is 21.2. The number of nitrogens with zero attached hydrogens (tertiary/aromatic N) is 3. The zero-order valence-electron chi connectivity index (χ0n) is 43.5. The highest BCUT2D eigenvalue weighted by molar-refractivity contribution is 6.08. The van der Waals surface area contributed by atoms with Crippen LogP contribution in [0.1, 0.15) is 100.0 Å². The highest BCUT2D eigenvalue weighted by Crippen LogP contribution is 2.39. The van der Waals surface area contributed by atoms with E-state index in [2.05, 4.69) is 69.7 Å². The van der Waals surface area contributed by atoms with E-state index >= 15 is 0 Å². The lowest BCUT2D eigenvalue weighted by molar-refractivity contribution is -0.295. The van der Waals surface area contributed by atoms with Gasteiger partial charge in [0, 0.05) is 85.6 Å². The van der Waals surface area contributed by atoms with Gasteiger partial charge < -0.3 is 63.9 Å². The second kappa shape index (κ2) is 25.7. The molecule has 69 heavy (non-hydrogen) atoms. The zero-order valence-corrected chi connectivity index (χ0v) is 43.5. The van der Waals surface area contributed by atoms with Gasteiger partial charge in [-0.3, -0.25) is 9.59 Å². The number of Topliss-reactive ketones (excluding diaryl/α,β-unsaturated/α-hetero) is 1. The third-order valence-corrected chi connectivity index (χ3v) is 14.7. The topological polar surface area (TPSA) is 195 Å². The van der Waals surface area contributed by atoms with Crippen molar-refractivity contribution in [2.75, 3.05) is 60.7 Å². The lowest BCUT2D eigenvalue weighted by Crippen LogP contribution is -2.60. The van der Waals surface area contributed by atoms with Gasteiger partial charge in [-0.25, -0.2) is 0 Å². The van der Waals surface area contributed by atoms with Crippen molar-refractivity contribution in [1.82, 2.24) is 20.1 Å². The van der Waals surface area contributed by atoms with Crippen molar-refractivity contribution in [3.8, 4) is 0 Å². The van der Waals surface area contributed by atoms with Crippen LogP contribution in [-0.4, -0.2) is 157 Å². The molecule has 1 aromatic heterocycles. The molecule has 16 heteroatoms. The van der Waals surface area contributed by atoms with Crippen LogP contribution in [0.2, 0.25) is 0 Å². The number of aliphatic hydroxyl groups is 3. The number of carbonyl (C=O) groups excluding carboxylic acids is 2. The summed E-state index contributed by atoms with van der Waals surface area (Å²) in [6, 6.07) is 15.1. The summed E-state index contributed by atoms with van der Waals surface area (Å²) in [6.07, 6.45) is -3.32. The molecule has 2 aromatic carbocycles. The Kier molecular flexibility index (Phi) is 21.0. The van der Waals surface area contributed by atoms with Crippen LogP contribution < -0.4 is 10.6 Å². The van der Waals surface area contributed by atoms with Gasteiger partial charge in [-0.15, -0.1) is 0 Å². The van der Waals surface area contributed by atoms with Gasteiger partial charge in [0.25, 0.3) is 0 Å². The van der Waals surface area contributed by atoms with Crippen molar-refractivity contribution in [3.05, 3.63) is 48.0 Å². The molecule has 0 spiro atoms. The molecular weight excluding hydrogens is 883 g/mol. The van der Waals surface area contributed by atoms with Crippen LogP contribution in [0.5, 0.6) is 0 Å². The number of benzene rings is 2. The van der Waals surface area contributed by atoms with E-state index in [9.17, 15) is 24.9 Å². The molecule has 0 amide bonds. The molecule has 2 saturated heterocycles. The quantitative estimate of drug-likeness (QED) is 0.0393. The van der Waals surface area contributed by atoms with Gasteiger partial charge in [-0.2, -0.15) is 0 Å². The number of aryl methyl sites for hydroxylation is 1. The number of rotatable bonds is 20. The smallest absolute Gasteiger partial charge is 0.316 e. The summed E-state index contributed by atoms with van der Waals surface area (Å²) in [4.78, 5) is 35.8. The summed E-state index contributed by atoms with van der Waals surface area (Å²) < 4.78 is 33.2. The van der Waals surface area contributed by atoms with Crippen molar-refractivity contribution in [3.63, 3.8) is 0 Å². The lowest BCUT2D eigenvalue weighted by atomic mass is 9.74. The Balaban J connectivity index is 1.17. The van der Waals surface area contributed by atoms with Crippen LogP contribution in [0.25, 0.3) is 21.8 Å². The fraction of sp³-hybridized carbons (Fsp3) is 0.717. The predicted octanol–water partition coefficient (Wildman–Crippen LogP) is 5.83. The van der Waals surface area contributed by atoms with Crippen LogP contribution in [0.3, 0.4) is 0 Å². The Labute approximate surface area is 410 Å². The first-order chi connectivity index (χ1) is 32.8. The van der Waals surface area contributed by atoms with E-state index in [0.29, 0.717) is 31.9 Å². The van der Waals surface area contributed by atoms with E-state index in [-0.39, 0.29) is 31.6 Å². The molecule has 3 heterocycles. The molecule has 388 valence electrons. The normalized spacial score (nSPS) is 32.8. The van der Waals surface area contributed by atoms with Gasteiger partial charge in [0.15, 0.2) is 12.1 Å². The molecule has 2 fully saturated rings. The molecule has 0 radical (unpaired) electrons. The molecule has 0 bridgehead atoms. The standard InChI is InChI=1S/C53H85N5O11/c1-13-44-53(9,63)48(61)35(5)45(33(3)31-52(8,64-12)49(36(6)46(59)37(7)50(62)68-44)69-51-47(60)43(57(10)11)29-34(4)67-51)56-66-28-25-54-23-17-26-65-27-18-24-55-32-38-21-22-42-40(30-38)39-19-15-16-20-41(39)58(42)14-2/h15-16,19-22,30,33-37,43-44,47-49,51,54-55,60-61,63H,13-14,17-18,23-29,31-32H2,1-12H3/b56-45+/t33-,34-,35-,36+,37-,43+,44-,47-,48-,49-,51+,52+,53-/m1/s1. The van der Waals surface area contributed by atoms with Crippen LogP contribution in [0.4, 0.5) is 0 Å². The minimum atomic E-state index is -1.92. The highest BCUT2D eigenvalue weighted by atomic mass is 16.7. The Morgan fingerprint density at radius 3 is 2.25 bits per heavy atom. The molecule has 2 aliphatic heterocycles. The first kappa shape index (κ1) is 56.4. The third-order valence-electron chi connectivity index (χ3n) is 14.7. The van der Waals surface area contributed by atoms with Crippen molar-refractivity contribution >= 4 is 39.3 Å². The van der Waals surface area contributed by atoms with Crippen molar-refractivity contribution < 1.29 is 53.4 Å². The van der Waals surface area contributed by atoms with E-state index in [0.717, 1.165) is 39.0 Å². The second-order valence-electron chi connectivity index (χ2n) is 20.2. The zero-order chi connectivity index (χ0) is 50.6. The molecular formula is C53H85N5O11. The number of hydrogen-bond donors (Lipinski definition) is 5. The van der Waals surface area contributed by atoms with Gasteiger partial charge in [0.05, 0.1) is 29.6 Å². The number of oxime groups is 1. The summed E-state index contributed by atoms with van der Waals surface area (Å²) in [5.41, 5.74) is 1.10. The fourth-order valence-electron chi connectivity index (χ4n) is 10.5. The summed E-state index contributed by atoms with van der Waals surface area (Å²) in [5, 5.41) is 49.4. The average molecular weight is 968 g/mol. The highest BCUT2D eigenvalue weighted by Gasteiger charge is 2.51. The predicted molar refractivity (Wildman–Crippen MR) is 269 cm³/mol. The minimum absolute atomic E-state index is 0.173. The molecule has 13 atom stereocenters. The number of aliphatic hydroxyl groups excluding tert-OH is 2. The molecule has 0 saturated carbocycles. The second-order valence-corrected chi connectivity index (χ2v) is 20.2. The molecule has 5 N–H and O–H groups in total. The lowest BCUT2D eigenvalue weighted by Gasteiger charge is -2.47. The molecule has 3 aromatic rings. The first-order valence-corrected chi connectivity index (χ1v) is 25.3. The van der Waals surface area contributed by atoms with Gasteiger partial charge >= 0.3 is 5.97 Å². The summed E-state index contributed by atoms with van der Waals surface area (Å²) >= 11 is 0. The number of hydrogen-bond acceptors (Lipinski definition) is 15. The van der Waals surface area contributed by atoms with E-state index < -0.39 is 77.3 Å². The van der Waals surface area contributed by atoms with Crippen LogP contribution in [0.15, 0.2) is 47.6 Å². The number of carbonyl (C=O) groups is 2. The van der Waals surface area contributed by atoms with Crippen molar-refractivity contribution in [2.24, 2.45) is 28.8 Å². The SMILES string of the molecule is CC[C@H]1OC(=O)[C@H](C)C(=O)[C@H](C)[C@@H](O[C@@H]2O[C@H](C)C[C@H](N(C)C)[C@H]2O)[C@@](C)(OC)C[C@@H](C)/C(=N\OCCNCCCOCCCNCc2ccc3c(c2)c2ccccc2n3CC)[C@@H](C)[C@@H](O)[C@]1(C)O. The molecule has 5 rings (SSSR count). The number of nitrogens with one attached hydrogen (secondary N) is 2. The van der Waals surface area contributed by atoms with Crippen LogP contribution >= 0.6 is 0 Å². The van der Waals surface area contributed by atoms with Crippen molar-refractivity contribution in [1.29, 1.82) is 0 Å². The molecule has 2 aliphatic rings. The monoisotopic (exact) mass is 968 g/mol. The number of likely N-dealkylation sites (N-methyl/N-ethyl adjacent to an activating group) is 1. The van der Waals surface area contributed by atoms with Crippen molar-refractivity contribution in [2.45, 2.75) is 162 Å². The maximum Gasteiger partial charge on any atom is 0.316 e. The fourth-order valence-corrected chi connectivity index (χ4v) is 10.5. The maximum atomic E-state index is 14.3. The minimum Gasteiger partial charge on any atom is -0.459 e. The summed E-state index contributed by atoms with van der Waals surface area (Å²) in [5.74, 6) is -4.72. The third kappa shape index (κ3) is 13.7. The van der Waals surface area contributed by atoms with E-state index in [1.807, 2.05) is 39.8 Å². The largest absolute Gasteiger partial charge is 0.459 e. The molecule has 16 nitrogen and oxygen atoms in total. The Bertz CT molecular complexity index is 2130. The first-order valence-electron chi connectivity index (χ1n) is 25.3. The van der Waals surface area contributed by atoms with Gasteiger partial charge in [-0.05, 0) is 118 Å². The molecule has 0 unspecified atom stereocenters. The Morgan fingerprint density at radius 2 is 1.58 bits per heavy atom. The van der Waals surface area contributed by atoms with Gasteiger partial charge in [0.2, 0.25) is 0 Å². The number of ketones is 1. The van der Waals surface area contributed by atoms with Gasteiger partial charge in [-0.1, -0.05) is 57.1 Å². The number of fused-ring (bicyclic) bond motifs is 3. The number of esters is 1. The van der Waals surface area contributed by atoms with Gasteiger partial charge in [0.1, 0.15) is 30.3 Å². The summed E-state index contributed by atoms with van der Waals surface area (Å²) in [7, 11) is 5.29. The van der Waals surface area contributed by atoms with Crippen LogP contribution in [-0.2, 0) is 51.2 Å². The Hall–Kier alpha value is -3.55. The Morgan fingerprint density at radius 1 is 0.899 bits per heavy atom. The number of cyclic esters (lactones) is 1. The van der Waals surface area contributed by atoms with E-state index in [4.69, 9.17) is 28.5 Å². The number of ether oxygens (including phenoxy) is 5.